The topological polar surface area (TPSA) is 56.8 Å². The fourth-order valence-electron chi connectivity index (χ4n) is 2.47. The third-order valence-corrected chi connectivity index (χ3v) is 3.95. The summed E-state index contributed by atoms with van der Waals surface area (Å²) >= 11 is 0. The SMILES string of the molecule is COc1ccc(OC[C@@H](C)NC(=O)[C@H](C)Oc2ccc(C)cc2C)cc1. The van der Waals surface area contributed by atoms with Gasteiger partial charge in [-0.05, 0) is 63.6 Å². The Labute approximate surface area is 155 Å². The highest BCUT2D eigenvalue weighted by Gasteiger charge is 2.18. The number of amides is 1. The normalized spacial score (nSPS) is 12.8. The Morgan fingerprint density at radius 2 is 1.69 bits per heavy atom. The molecule has 5 heteroatoms. The average Bonchev–Trinajstić information content (AvgIpc) is 2.62. The zero-order chi connectivity index (χ0) is 19.1. The second-order valence-corrected chi connectivity index (χ2v) is 6.43. The van der Waals surface area contributed by atoms with E-state index in [1.807, 2.05) is 63.2 Å². The van der Waals surface area contributed by atoms with E-state index >= 15 is 0 Å². The van der Waals surface area contributed by atoms with Gasteiger partial charge in [0.05, 0.1) is 13.2 Å². The van der Waals surface area contributed by atoms with Crippen LogP contribution in [0.2, 0.25) is 0 Å². The number of benzene rings is 2. The van der Waals surface area contributed by atoms with E-state index in [1.54, 1.807) is 14.0 Å². The third kappa shape index (κ3) is 5.69. The van der Waals surface area contributed by atoms with Gasteiger partial charge in [-0.15, -0.1) is 0 Å². The summed E-state index contributed by atoms with van der Waals surface area (Å²) in [5.41, 5.74) is 2.18. The first-order valence-corrected chi connectivity index (χ1v) is 8.70. The highest BCUT2D eigenvalue weighted by Crippen LogP contribution is 2.20. The molecule has 5 nitrogen and oxygen atoms in total. The molecule has 0 aliphatic rings. The van der Waals surface area contributed by atoms with E-state index in [-0.39, 0.29) is 11.9 Å². The first kappa shape index (κ1) is 19.6. The van der Waals surface area contributed by atoms with Crippen molar-refractivity contribution in [1.82, 2.24) is 5.32 Å². The minimum Gasteiger partial charge on any atom is -0.497 e. The van der Waals surface area contributed by atoms with E-state index in [9.17, 15) is 4.79 Å². The summed E-state index contributed by atoms with van der Waals surface area (Å²) in [6.07, 6.45) is -0.583. The van der Waals surface area contributed by atoms with Crippen LogP contribution in [0.15, 0.2) is 42.5 Å². The molecule has 0 aliphatic carbocycles. The largest absolute Gasteiger partial charge is 0.497 e. The van der Waals surface area contributed by atoms with Crippen LogP contribution in [0, 0.1) is 13.8 Å². The van der Waals surface area contributed by atoms with Gasteiger partial charge in [0.1, 0.15) is 23.9 Å². The van der Waals surface area contributed by atoms with Crippen molar-refractivity contribution in [1.29, 1.82) is 0 Å². The molecule has 26 heavy (non-hydrogen) atoms. The molecule has 2 aromatic rings. The first-order valence-electron chi connectivity index (χ1n) is 8.70. The van der Waals surface area contributed by atoms with E-state index in [0.717, 1.165) is 28.4 Å². The quantitative estimate of drug-likeness (QED) is 0.783. The van der Waals surface area contributed by atoms with E-state index in [2.05, 4.69) is 5.32 Å². The van der Waals surface area contributed by atoms with Crippen molar-refractivity contribution in [3.8, 4) is 17.2 Å². The summed E-state index contributed by atoms with van der Waals surface area (Å²) in [6.45, 7) is 8.00. The predicted octanol–water partition coefficient (Wildman–Crippen LogP) is 3.66. The van der Waals surface area contributed by atoms with Crippen LogP contribution in [0.25, 0.3) is 0 Å². The van der Waals surface area contributed by atoms with Gasteiger partial charge >= 0.3 is 0 Å². The van der Waals surface area contributed by atoms with E-state index in [0.29, 0.717) is 6.61 Å². The molecule has 0 bridgehead atoms. The molecule has 2 rings (SSSR count). The number of ether oxygens (including phenoxy) is 3. The Morgan fingerprint density at radius 1 is 1.04 bits per heavy atom. The molecular formula is C21H27NO4. The first-order chi connectivity index (χ1) is 12.4. The van der Waals surface area contributed by atoms with Crippen molar-refractivity contribution in [2.45, 2.75) is 39.8 Å². The minimum absolute atomic E-state index is 0.144. The summed E-state index contributed by atoms with van der Waals surface area (Å²) in [5, 5.41) is 2.91. The van der Waals surface area contributed by atoms with Crippen molar-refractivity contribution in [2.75, 3.05) is 13.7 Å². The summed E-state index contributed by atoms with van der Waals surface area (Å²) < 4.78 is 16.6. The van der Waals surface area contributed by atoms with Crippen molar-refractivity contribution < 1.29 is 19.0 Å². The fraction of sp³-hybridized carbons (Fsp3) is 0.381. The fourth-order valence-corrected chi connectivity index (χ4v) is 2.47. The maximum Gasteiger partial charge on any atom is 0.261 e. The molecule has 0 aliphatic heterocycles. The molecule has 0 heterocycles. The number of carbonyl (C=O) groups excluding carboxylic acids is 1. The van der Waals surface area contributed by atoms with E-state index < -0.39 is 6.10 Å². The smallest absolute Gasteiger partial charge is 0.261 e. The molecule has 0 saturated carbocycles. The molecular weight excluding hydrogens is 330 g/mol. The summed E-state index contributed by atoms with van der Waals surface area (Å²) in [6, 6.07) is 13.1. The number of hydrogen-bond donors (Lipinski definition) is 1. The number of carbonyl (C=O) groups is 1. The molecule has 0 fully saturated rings. The van der Waals surface area contributed by atoms with Gasteiger partial charge in [0, 0.05) is 0 Å². The second kappa shape index (κ2) is 9.13. The molecule has 1 N–H and O–H groups in total. The van der Waals surface area contributed by atoms with Crippen LogP contribution in [0.3, 0.4) is 0 Å². The van der Waals surface area contributed by atoms with Gasteiger partial charge in [0.2, 0.25) is 0 Å². The molecule has 2 atom stereocenters. The number of aryl methyl sites for hydroxylation is 2. The van der Waals surface area contributed by atoms with Crippen LogP contribution < -0.4 is 19.5 Å². The Morgan fingerprint density at radius 3 is 2.31 bits per heavy atom. The molecule has 0 radical (unpaired) electrons. The lowest BCUT2D eigenvalue weighted by molar-refractivity contribution is -0.128. The lowest BCUT2D eigenvalue weighted by atomic mass is 10.1. The van der Waals surface area contributed by atoms with Crippen molar-refractivity contribution >= 4 is 5.91 Å². The lowest BCUT2D eigenvalue weighted by Gasteiger charge is -2.20. The summed E-state index contributed by atoms with van der Waals surface area (Å²) in [4.78, 5) is 12.3. The molecule has 0 unspecified atom stereocenters. The van der Waals surface area contributed by atoms with Crippen LogP contribution in [0.5, 0.6) is 17.2 Å². The maximum atomic E-state index is 12.3. The van der Waals surface area contributed by atoms with Crippen LogP contribution in [-0.4, -0.2) is 31.8 Å². The van der Waals surface area contributed by atoms with Crippen LogP contribution in [-0.2, 0) is 4.79 Å². The molecule has 0 aromatic heterocycles. The number of nitrogens with one attached hydrogen (secondary N) is 1. The Hall–Kier alpha value is -2.69. The van der Waals surface area contributed by atoms with Gasteiger partial charge in [0.15, 0.2) is 6.10 Å². The summed E-state index contributed by atoms with van der Waals surface area (Å²) in [7, 11) is 1.62. The minimum atomic E-state index is -0.583. The average molecular weight is 357 g/mol. The lowest BCUT2D eigenvalue weighted by Crippen LogP contribution is -2.43. The van der Waals surface area contributed by atoms with Crippen molar-refractivity contribution in [2.24, 2.45) is 0 Å². The standard InChI is InChI=1S/C21H27NO4/c1-14-6-11-20(15(2)12-14)26-17(4)21(23)22-16(3)13-25-19-9-7-18(24-5)8-10-19/h6-12,16-17H,13H2,1-5H3,(H,22,23)/t16-,17+/m1/s1. The Balaban J connectivity index is 1.81. The van der Waals surface area contributed by atoms with Crippen LogP contribution in [0.1, 0.15) is 25.0 Å². The van der Waals surface area contributed by atoms with Crippen molar-refractivity contribution in [3.63, 3.8) is 0 Å². The monoisotopic (exact) mass is 357 g/mol. The molecule has 2 aromatic carbocycles. The Bertz CT molecular complexity index is 727. The predicted molar refractivity (Wildman–Crippen MR) is 102 cm³/mol. The number of hydrogen-bond acceptors (Lipinski definition) is 4. The molecule has 0 saturated heterocycles. The zero-order valence-corrected chi connectivity index (χ0v) is 16.0. The third-order valence-electron chi connectivity index (χ3n) is 3.95. The molecule has 1 amide bonds. The van der Waals surface area contributed by atoms with Gasteiger partial charge in [-0.25, -0.2) is 0 Å². The van der Waals surface area contributed by atoms with Gasteiger partial charge in [-0.2, -0.15) is 0 Å². The number of methoxy groups -OCH3 is 1. The second-order valence-electron chi connectivity index (χ2n) is 6.43. The van der Waals surface area contributed by atoms with Gasteiger partial charge in [-0.1, -0.05) is 17.7 Å². The van der Waals surface area contributed by atoms with E-state index in [1.165, 1.54) is 0 Å². The van der Waals surface area contributed by atoms with E-state index in [4.69, 9.17) is 14.2 Å². The van der Waals surface area contributed by atoms with Crippen LogP contribution >= 0.6 is 0 Å². The highest BCUT2D eigenvalue weighted by molar-refractivity contribution is 5.81. The highest BCUT2D eigenvalue weighted by atomic mass is 16.5. The molecule has 140 valence electrons. The zero-order valence-electron chi connectivity index (χ0n) is 16.0. The maximum absolute atomic E-state index is 12.3. The van der Waals surface area contributed by atoms with Crippen LogP contribution in [0.4, 0.5) is 0 Å². The molecule has 0 spiro atoms. The summed E-state index contributed by atoms with van der Waals surface area (Å²) in [5.74, 6) is 2.05. The van der Waals surface area contributed by atoms with Gasteiger partial charge < -0.3 is 19.5 Å². The van der Waals surface area contributed by atoms with Gasteiger partial charge in [0.25, 0.3) is 5.91 Å². The number of rotatable bonds is 8. The van der Waals surface area contributed by atoms with Gasteiger partial charge in [-0.3, -0.25) is 4.79 Å². The Kier molecular flexibility index (Phi) is 6.89. The van der Waals surface area contributed by atoms with Crippen molar-refractivity contribution in [3.05, 3.63) is 53.6 Å².